The van der Waals surface area contributed by atoms with E-state index in [2.05, 4.69) is 31.2 Å². The summed E-state index contributed by atoms with van der Waals surface area (Å²) < 4.78 is 30.7. The Bertz CT molecular complexity index is 2940. The van der Waals surface area contributed by atoms with E-state index in [9.17, 15) is 62.7 Å². The Morgan fingerprint density at radius 2 is 1.40 bits per heavy atom. The number of benzene rings is 2. The van der Waals surface area contributed by atoms with Crippen LogP contribution < -0.4 is 26.0 Å². The first-order valence-corrected chi connectivity index (χ1v) is 30.1. The number of carboxylic acids is 1. The molecule has 2 unspecified atom stereocenters. The monoisotopic (exact) mass is 1240 g/mol. The molecule has 89 heavy (non-hydrogen) atoms. The van der Waals surface area contributed by atoms with Crippen molar-refractivity contribution < 1.29 is 71.7 Å². The zero-order chi connectivity index (χ0) is 64.3. The molecular formula is C61H84FN13O14. The van der Waals surface area contributed by atoms with Gasteiger partial charge < -0.3 is 45.1 Å². The summed E-state index contributed by atoms with van der Waals surface area (Å²) >= 11 is 0. The maximum absolute atomic E-state index is 14.6. The minimum absolute atomic E-state index is 0.00392. The van der Waals surface area contributed by atoms with E-state index in [-0.39, 0.29) is 96.4 Å². The Kier molecular flexibility index (Phi) is 28.0. The van der Waals surface area contributed by atoms with Gasteiger partial charge in [0.25, 0.3) is 18.9 Å². The zero-order valence-electron chi connectivity index (χ0n) is 51.0. The fraction of sp³-hybridized carbons (Fsp3) is 0.574. The number of aromatic nitrogens is 1. The summed E-state index contributed by atoms with van der Waals surface area (Å²) in [4.78, 5) is 144. The molecule has 0 radical (unpaired) electrons. The molecule has 1 aromatic heterocycles. The molecule has 5 N–H and O–H groups in total. The molecule has 27 nitrogen and oxygen atoms in total. The van der Waals surface area contributed by atoms with Crippen molar-refractivity contribution in [1.82, 2.24) is 60.6 Å². The van der Waals surface area contributed by atoms with Crippen LogP contribution in [0.2, 0.25) is 0 Å². The summed E-state index contributed by atoms with van der Waals surface area (Å²) in [5.74, 6) is -4.68. The van der Waals surface area contributed by atoms with Crippen LogP contribution in [0.25, 0.3) is 10.9 Å². The van der Waals surface area contributed by atoms with Crippen LogP contribution in [0.15, 0.2) is 54.7 Å². The Balaban J connectivity index is 0.996. The lowest BCUT2D eigenvalue weighted by atomic mass is 10.0. The summed E-state index contributed by atoms with van der Waals surface area (Å²) in [6.07, 6.45) is 3.16. The normalized spacial score (nSPS) is 19.1. The number of rotatable bonds is 30. The molecular weight excluding hydrogens is 1160 g/mol. The van der Waals surface area contributed by atoms with Gasteiger partial charge in [-0.1, -0.05) is 29.8 Å². The van der Waals surface area contributed by atoms with Crippen LogP contribution in [0.5, 0.6) is 5.75 Å². The molecule has 3 aliphatic rings. The average Bonchev–Trinajstić information content (AvgIpc) is 2.19. The van der Waals surface area contributed by atoms with Crippen molar-refractivity contribution in [3.8, 4) is 11.8 Å². The number of hydrogen-bond donors (Lipinski definition) is 5. The number of ether oxygens (including phenoxy) is 3. The number of amides is 7. The molecule has 3 aliphatic heterocycles. The lowest BCUT2D eigenvalue weighted by molar-refractivity contribution is -0.140. The van der Waals surface area contributed by atoms with Crippen molar-refractivity contribution in [2.24, 2.45) is 0 Å². The highest BCUT2D eigenvalue weighted by atomic mass is 19.1. The molecule has 3 fully saturated rings. The van der Waals surface area contributed by atoms with E-state index in [0.29, 0.717) is 114 Å². The van der Waals surface area contributed by atoms with Crippen LogP contribution in [0.4, 0.5) is 4.39 Å². The van der Waals surface area contributed by atoms with E-state index in [0.717, 1.165) is 16.0 Å². The molecule has 0 spiro atoms. The number of carbonyl (C=O) groups excluding carboxylic acids is 9. The molecule has 6 rings (SSSR count). The van der Waals surface area contributed by atoms with Gasteiger partial charge in [0.1, 0.15) is 43.4 Å². The predicted octanol–water partition coefficient (Wildman–Crippen LogP) is 0.431. The third-order valence-electron chi connectivity index (χ3n) is 15.8. The summed E-state index contributed by atoms with van der Waals surface area (Å²) in [6, 6.07) is 14.0. The van der Waals surface area contributed by atoms with Gasteiger partial charge in [0, 0.05) is 116 Å². The van der Waals surface area contributed by atoms with Gasteiger partial charge in [0.05, 0.1) is 49.9 Å². The number of aryl methyl sites for hydroxylation is 2. The molecule has 4 heterocycles. The third-order valence-corrected chi connectivity index (χ3v) is 15.8. The summed E-state index contributed by atoms with van der Waals surface area (Å²) in [5, 5.41) is 30.3. The Hall–Kier alpha value is -8.23. The molecule has 3 saturated heterocycles. The quantitative estimate of drug-likeness (QED) is 0.0343. The topological polar surface area (TPSA) is 326 Å². The zero-order valence-corrected chi connectivity index (χ0v) is 51.0. The second-order valence-corrected chi connectivity index (χ2v) is 23.0. The molecule has 0 aliphatic carbocycles. The molecule has 28 heteroatoms. The number of carbonyl (C=O) groups is 10. The molecule has 0 bridgehead atoms. The van der Waals surface area contributed by atoms with Crippen molar-refractivity contribution >= 4 is 71.2 Å². The fourth-order valence-electron chi connectivity index (χ4n) is 10.8. The van der Waals surface area contributed by atoms with Crippen LogP contribution >= 0.6 is 0 Å². The van der Waals surface area contributed by atoms with Crippen LogP contribution in [0.1, 0.15) is 80.3 Å². The number of piperazine rings is 1. The molecule has 7 amide bonds. The second kappa shape index (κ2) is 35.7. The first kappa shape index (κ1) is 69.9. The maximum atomic E-state index is 14.6. The highest BCUT2D eigenvalue weighted by Crippen LogP contribution is 2.30. The van der Waals surface area contributed by atoms with E-state index >= 15 is 0 Å². The standard InChI is InChI=1S/C61H84FN13O14/c1-44-8-11-46(12-9-44)6-4-7-53(78)66-45(2)10-14-52(67-55(80)37-70-19-20-71(38-58(83)84)22-24-73(41-88-43-77)26-25-72(23-21-70)40-87-42-76)60(86)68-54(79)33-56(81)74-29-27-69(28-30-74)18-5-31-89-48-13-15-51-50(32-48)49(16-17-64-51)59(85)65-36-57(82)75-39-61(3,62)34-47(75)35-63/h8-9,11-13,15-17,32,42-43,45,47,52H,4-7,10,14,18-31,33-34,36-41H2,1-3H3,(H,65,85)(H,66,78)(H,67,80)(H,83,84)(H,68,79,86)/t45?,47-,52+,61?/m1/s1. The predicted molar refractivity (Wildman–Crippen MR) is 321 cm³/mol. The van der Waals surface area contributed by atoms with Crippen molar-refractivity contribution in [3.05, 3.63) is 71.4 Å². The lowest BCUT2D eigenvalue weighted by Crippen LogP contribution is -2.53. The number of nitrogens with zero attached hydrogens (tertiary/aromatic N) is 9. The van der Waals surface area contributed by atoms with Gasteiger partial charge in [-0.2, -0.15) is 5.26 Å². The van der Waals surface area contributed by atoms with E-state index in [1.807, 2.05) is 47.1 Å². The number of hydrogen-bond acceptors (Lipinski definition) is 20. The first-order valence-electron chi connectivity index (χ1n) is 30.1. The number of halogens is 1. The SMILES string of the molecule is Cc1ccc(CCCC(=O)NC(C)CC[C@H](NC(=O)CN2CCN(COC=O)CCN(COC=O)CCN(CC(=O)O)CC2)C(=O)NC(=O)CC(=O)N2CCN(CCCOc3ccc4nccc(C(=O)NCC(=O)N5CC(C)(F)C[C@@H]5C#N)c4c3)CC2)cc1. The minimum Gasteiger partial charge on any atom is -0.494 e. The molecule has 4 atom stereocenters. The van der Waals surface area contributed by atoms with Gasteiger partial charge in [0.2, 0.25) is 35.4 Å². The van der Waals surface area contributed by atoms with E-state index in [1.165, 1.54) is 19.2 Å². The first-order chi connectivity index (χ1) is 42.7. The van der Waals surface area contributed by atoms with Crippen molar-refractivity contribution in [3.63, 3.8) is 0 Å². The van der Waals surface area contributed by atoms with Gasteiger partial charge in [0.15, 0.2) is 0 Å². The van der Waals surface area contributed by atoms with Gasteiger partial charge in [-0.05, 0) is 82.7 Å². The Morgan fingerprint density at radius 3 is 2.03 bits per heavy atom. The Labute approximate surface area is 517 Å². The number of likely N-dealkylation sites (tertiary alicyclic amines) is 1. The van der Waals surface area contributed by atoms with Crippen LogP contribution in [0.3, 0.4) is 0 Å². The number of pyridine rings is 1. The number of aliphatic carboxylic acids is 1. The average molecular weight is 1240 g/mol. The van der Waals surface area contributed by atoms with Crippen molar-refractivity contribution in [2.75, 3.05) is 131 Å². The molecule has 484 valence electrons. The highest BCUT2D eigenvalue weighted by molar-refractivity contribution is 6.07. The van der Waals surface area contributed by atoms with E-state index in [4.69, 9.17) is 14.2 Å². The van der Waals surface area contributed by atoms with Crippen molar-refractivity contribution in [2.45, 2.75) is 95.9 Å². The molecule has 3 aromatic rings. The summed E-state index contributed by atoms with van der Waals surface area (Å²) in [5.41, 5.74) is 1.32. The number of imide groups is 1. The highest BCUT2D eigenvalue weighted by Gasteiger charge is 2.43. The maximum Gasteiger partial charge on any atom is 0.317 e. The Morgan fingerprint density at radius 1 is 0.775 bits per heavy atom. The lowest BCUT2D eigenvalue weighted by Gasteiger charge is -2.34. The van der Waals surface area contributed by atoms with E-state index < -0.39 is 78.2 Å². The number of carboxylic acid groups (broad SMARTS) is 1. The second-order valence-electron chi connectivity index (χ2n) is 23.0. The summed E-state index contributed by atoms with van der Waals surface area (Å²) in [7, 11) is 0. The minimum atomic E-state index is -1.70. The van der Waals surface area contributed by atoms with Crippen molar-refractivity contribution in [1.29, 1.82) is 5.26 Å². The third kappa shape index (κ3) is 24.0. The number of nitriles is 1. The fourth-order valence-corrected chi connectivity index (χ4v) is 10.8. The van der Waals surface area contributed by atoms with Gasteiger partial charge in [-0.15, -0.1) is 0 Å². The molecule has 2 aromatic carbocycles. The van der Waals surface area contributed by atoms with Gasteiger partial charge in [-0.25, -0.2) is 4.39 Å². The number of nitrogens with one attached hydrogen (secondary N) is 4. The van der Waals surface area contributed by atoms with E-state index in [1.54, 1.807) is 39.8 Å². The number of alkyl halides is 1. The van der Waals surface area contributed by atoms with Crippen LogP contribution in [-0.4, -0.2) is 260 Å². The molecule has 0 saturated carbocycles. The largest absolute Gasteiger partial charge is 0.494 e. The number of fused-ring (bicyclic) bond motifs is 1. The summed E-state index contributed by atoms with van der Waals surface area (Å²) in [6.45, 7) is 9.31. The van der Waals surface area contributed by atoms with Gasteiger partial charge in [-0.3, -0.25) is 82.7 Å². The van der Waals surface area contributed by atoms with Gasteiger partial charge >= 0.3 is 5.97 Å². The smallest absolute Gasteiger partial charge is 0.317 e. The van der Waals surface area contributed by atoms with Crippen LogP contribution in [-0.2, 0) is 59.0 Å². The van der Waals surface area contributed by atoms with Crippen LogP contribution in [0, 0.1) is 18.3 Å².